The minimum atomic E-state index is -2.13. The maximum atomic E-state index is 11.9. The molecule has 0 aliphatic carbocycles. The van der Waals surface area contributed by atoms with Gasteiger partial charge in [0.15, 0.2) is 0 Å². The molecule has 172 valence electrons. The summed E-state index contributed by atoms with van der Waals surface area (Å²) in [6, 6.07) is 12.1. The van der Waals surface area contributed by atoms with Gasteiger partial charge >= 0.3 is 5.97 Å². The molecule has 2 aromatic rings. The third-order valence-corrected chi connectivity index (χ3v) is 4.89. The lowest BCUT2D eigenvalue weighted by Crippen LogP contribution is -2.49. The van der Waals surface area contributed by atoms with Crippen molar-refractivity contribution in [3.8, 4) is 5.75 Å². The number of rotatable bonds is 13. The van der Waals surface area contributed by atoms with Crippen molar-refractivity contribution in [3.63, 3.8) is 0 Å². The average molecular weight is 464 g/mol. The lowest BCUT2D eigenvalue weighted by molar-refractivity contribution is -0.139. The van der Waals surface area contributed by atoms with Crippen molar-refractivity contribution in [1.82, 2.24) is 20.3 Å². The Kier molecular flexibility index (Phi) is 10.1. The molecule has 0 spiro atoms. The fourth-order valence-corrected chi connectivity index (χ4v) is 3.25. The third kappa shape index (κ3) is 9.53. The van der Waals surface area contributed by atoms with E-state index in [0.717, 1.165) is 5.69 Å². The van der Waals surface area contributed by atoms with Gasteiger partial charge in [0.25, 0.3) is 11.3 Å². The minimum Gasteiger partial charge on any atom is -0.480 e. The van der Waals surface area contributed by atoms with Crippen molar-refractivity contribution in [2.75, 3.05) is 18.8 Å². The fourth-order valence-electron chi connectivity index (χ4n) is 2.50. The first-order valence-corrected chi connectivity index (χ1v) is 10.8. The van der Waals surface area contributed by atoms with Gasteiger partial charge in [-0.25, -0.2) is 4.98 Å². The molecule has 32 heavy (non-hydrogen) atoms. The monoisotopic (exact) mass is 463 g/mol. The summed E-state index contributed by atoms with van der Waals surface area (Å²) in [6.45, 7) is -0.666. The lowest BCUT2D eigenvalue weighted by atomic mass is 10.1. The van der Waals surface area contributed by atoms with Gasteiger partial charge in [-0.2, -0.15) is 8.93 Å². The molecule has 0 saturated carbocycles. The van der Waals surface area contributed by atoms with E-state index in [4.69, 9.17) is 9.92 Å². The van der Waals surface area contributed by atoms with E-state index in [1.165, 1.54) is 0 Å². The van der Waals surface area contributed by atoms with Crippen LogP contribution in [0.2, 0.25) is 0 Å². The molecular weight excluding hydrogens is 438 g/mol. The molecule has 2 rings (SSSR count). The second-order valence-corrected chi connectivity index (χ2v) is 7.50. The maximum Gasteiger partial charge on any atom is 0.323 e. The third-order valence-electron chi connectivity index (χ3n) is 4.07. The first-order chi connectivity index (χ1) is 15.3. The van der Waals surface area contributed by atoms with Gasteiger partial charge in [-0.05, 0) is 37.1 Å². The van der Waals surface area contributed by atoms with Crippen LogP contribution in [0.3, 0.4) is 0 Å². The number of aliphatic carboxylic acids is 1. The summed E-state index contributed by atoms with van der Waals surface area (Å²) in [7, 11) is 0. The number of carboxylic acid groups (broad SMARTS) is 1. The molecule has 12 heteroatoms. The van der Waals surface area contributed by atoms with Gasteiger partial charge in [0.2, 0.25) is 11.8 Å². The summed E-state index contributed by atoms with van der Waals surface area (Å²) < 4.78 is 19.3. The van der Waals surface area contributed by atoms with E-state index in [1.54, 1.807) is 42.5 Å². The van der Waals surface area contributed by atoms with E-state index in [2.05, 4.69) is 20.3 Å². The summed E-state index contributed by atoms with van der Waals surface area (Å²) >= 11 is -2.13. The first kappa shape index (κ1) is 24.8. The van der Waals surface area contributed by atoms with Crippen LogP contribution in [0.1, 0.15) is 18.5 Å². The Labute approximate surface area is 187 Å². The average Bonchev–Trinajstić information content (AvgIpc) is 2.75. The zero-order valence-corrected chi connectivity index (χ0v) is 18.0. The molecule has 2 atom stereocenters. The molecule has 1 aromatic heterocycles. The second kappa shape index (κ2) is 13.0. The molecule has 2 unspecified atom stereocenters. The highest BCUT2D eigenvalue weighted by molar-refractivity contribution is 7.78. The van der Waals surface area contributed by atoms with Crippen molar-refractivity contribution in [1.29, 1.82) is 0 Å². The highest BCUT2D eigenvalue weighted by atomic mass is 32.2. The topological polar surface area (TPSA) is 173 Å². The number of anilines is 1. The Hall–Kier alpha value is -3.51. The molecule has 1 aromatic carbocycles. The summed E-state index contributed by atoms with van der Waals surface area (Å²) in [5.74, 6) is -1.53. The number of aryl methyl sites for hydroxylation is 1. The summed E-state index contributed by atoms with van der Waals surface area (Å²) in [5.41, 5.74) is 6.38. The summed E-state index contributed by atoms with van der Waals surface area (Å²) in [5, 5.41) is 14.1. The van der Waals surface area contributed by atoms with Crippen LogP contribution in [-0.2, 0) is 32.1 Å². The Morgan fingerprint density at radius 3 is 2.50 bits per heavy atom. The van der Waals surface area contributed by atoms with Crippen molar-refractivity contribution >= 4 is 34.9 Å². The van der Waals surface area contributed by atoms with Gasteiger partial charge in [0.05, 0.1) is 6.54 Å². The van der Waals surface area contributed by atoms with Crippen molar-refractivity contribution in [3.05, 3.63) is 54.2 Å². The van der Waals surface area contributed by atoms with Crippen LogP contribution in [0.25, 0.3) is 0 Å². The van der Waals surface area contributed by atoms with Crippen LogP contribution >= 0.6 is 0 Å². The Morgan fingerprint density at radius 1 is 1.06 bits per heavy atom. The highest BCUT2D eigenvalue weighted by Gasteiger charge is 2.21. The number of amides is 2. The number of pyridine rings is 1. The molecule has 2 amide bonds. The van der Waals surface area contributed by atoms with Crippen LogP contribution in [0, 0.1) is 0 Å². The lowest BCUT2D eigenvalue weighted by Gasteiger charge is -2.15. The van der Waals surface area contributed by atoms with Crippen LogP contribution in [-0.4, -0.2) is 51.2 Å². The Balaban J connectivity index is 1.66. The maximum absolute atomic E-state index is 11.9. The van der Waals surface area contributed by atoms with Crippen LogP contribution in [0.4, 0.5) is 5.82 Å². The number of carboxylic acids is 1. The number of carbonyl (C=O) groups excluding carboxylic acids is 2. The molecule has 11 nitrogen and oxygen atoms in total. The molecule has 0 saturated heterocycles. The molecule has 1 heterocycles. The number of nitrogens with one attached hydrogen (secondary N) is 3. The van der Waals surface area contributed by atoms with Crippen LogP contribution < -0.4 is 25.3 Å². The molecule has 6 N–H and O–H groups in total. The molecule has 0 aliphatic rings. The standard InChI is InChI=1S/C20H25N5O6S/c21-17-10-4-6-14(24-17)7-5-11-18(26)23-13-19(27)22-12-16(20(28)29)25-32(30)31-15-8-2-1-3-9-15/h1-4,6,8-10,16,25H,5,7,11-13H2,(H2,21,24)(H,22,27)(H,23,26)(H,28,29). The van der Waals surface area contributed by atoms with Crippen molar-refractivity contribution < 1.29 is 27.9 Å². The van der Waals surface area contributed by atoms with E-state index in [1.807, 2.05) is 6.07 Å². The molecular formula is C20H25N5O6S. The van der Waals surface area contributed by atoms with E-state index < -0.39 is 29.2 Å². The number of hydrogen-bond acceptors (Lipinski definition) is 7. The number of hydrogen-bond donors (Lipinski definition) is 5. The Morgan fingerprint density at radius 2 is 1.81 bits per heavy atom. The van der Waals surface area contributed by atoms with E-state index in [0.29, 0.717) is 24.4 Å². The number of nitrogens with zero attached hydrogens (tertiary/aromatic N) is 1. The van der Waals surface area contributed by atoms with Gasteiger partial charge in [-0.3, -0.25) is 14.4 Å². The zero-order valence-electron chi connectivity index (χ0n) is 17.2. The number of carbonyl (C=O) groups is 3. The van der Waals surface area contributed by atoms with Crippen molar-refractivity contribution in [2.45, 2.75) is 25.3 Å². The van der Waals surface area contributed by atoms with E-state index in [-0.39, 0.29) is 25.4 Å². The highest BCUT2D eigenvalue weighted by Crippen LogP contribution is 2.09. The molecule has 0 aliphatic heterocycles. The molecule has 0 bridgehead atoms. The number of para-hydroxylation sites is 1. The smallest absolute Gasteiger partial charge is 0.323 e. The molecule has 0 fully saturated rings. The van der Waals surface area contributed by atoms with Gasteiger partial charge < -0.3 is 25.7 Å². The van der Waals surface area contributed by atoms with Crippen molar-refractivity contribution in [2.24, 2.45) is 0 Å². The van der Waals surface area contributed by atoms with Gasteiger partial charge in [-0.1, -0.05) is 24.3 Å². The number of nitrogens with two attached hydrogens (primary N) is 1. The number of aromatic nitrogens is 1. The molecule has 0 radical (unpaired) electrons. The summed E-state index contributed by atoms with van der Waals surface area (Å²) in [4.78, 5) is 39.3. The predicted molar refractivity (Wildman–Crippen MR) is 117 cm³/mol. The summed E-state index contributed by atoms with van der Waals surface area (Å²) in [6.07, 6.45) is 1.29. The minimum absolute atomic E-state index is 0.193. The van der Waals surface area contributed by atoms with Gasteiger partial charge in [-0.15, -0.1) is 0 Å². The SMILES string of the molecule is Nc1cccc(CCCC(=O)NCC(=O)NCC(NS(=O)Oc2ccccc2)C(=O)O)n1. The van der Waals surface area contributed by atoms with Gasteiger partial charge in [0, 0.05) is 18.7 Å². The largest absolute Gasteiger partial charge is 0.480 e. The normalized spacial score (nSPS) is 12.4. The quantitative estimate of drug-likeness (QED) is 0.274. The van der Waals surface area contributed by atoms with E-state index in [9.17, 15) is 23.7 Å². The number of benzene rings is 1. The fraction of sp³-hybridized carbons (Fsp3) is 0.300. The number of nitrogen functional groups attached to an aromatic ring is 1. The second-order valence-electron chi connectivity index (χ2n) is 6.63. The van der Waals surface area contributed by atoms with Crippen LogP contribution in [0.15, 0.2) is 48.5 Å². The Bertz CT molecular complexity index is 943. The van der Waals surface area contributed by atoms with Gasteiger partial charge in [0.1, 0.15) is 17.6 Å². The first-order valence-electron chi connectivity index (χ1n) is 9.72. The van der Waals surface area contributed by atoms with E-state index >= 15 is 0 Å². The zero-order chi connectivity index (χ0) is 23.3. The predicted octanol–water partition coefficient (Wildman–Crippen LogP) is -0.0806. The van der Waals surface area contributed by atoms with Crippen LogP contribution in [0.5, 0.6) is 5.75 Å².